The van der Waals surface area contributed by atoms with Crippen molar-refractivity contribution in [3.05, 3.63) is 120 Å². The van der Waals surface area contributed by atoms with E-state index >= 15 is 0 Å². The summed E-state index contributed by atoms with van der Waals surface area (Å²) in [6.07, 6.45) is 8.75. The largest absolute Gasteiger partial charge is 0.213 e. The minimum Gasteiger partial charge on any atom is -0.167 e. The molecule has 0 saturated heterocycles. The Morgan fingerprint density at radius 2 is 1.27 bits per heavy atom. The van der Waals surface area contributed by atoms with E-state index in [2.05, 4.69) is 128 Å². The number of fused-ring (bicyclic) bond motifs is 2. The van der Waals surface area contributed by atoms with Crippen molar-refractivity contribution in [1.82, 2.24) is 0 Å². The molecule has 0 aliphatic heterocycles. The summed E-state index contributed by atoms with van der Waals surface area (Å²) < 4.78 is 2.19. The van der Waals surface area contributed by atoms with E-state index in [1.807, 2.05) is 0 Å². The maximum Gasteiger partial charge on any atom is 0.213 e. The van der Waals surface area contributed by atoms with Gasteiger partial charge >= 0.3 is 0 Å². The summed E-state index contributed by atoms with van der Waals surface area (Å²) in [5.74, 6) is 0. The molecule has 5 rings (SSSR count). The molecular weight excluding hydrogens is 362 g/mol. The van der Waals surface area contributed by atoms with Crippen molar-refractivity contribution in [1.29, 1.82) is 0 Å². The lowest BCUT2D eigenvalue weighted by Gasteiger charge is -2.08. The van der Waals surface area contributed by atoms with E-state index in [4.69, 9.17) is 0 Å². The molecule has 1 nitrogen and oxygen atoms in total. The zero-order valence-electron chi connectivity index (χ0n) is 17.3. The predicted octanol–water partition coefficient (Wildman–Crippen LogP) is 7.06. The quantitative estimate of drug-likeness (QED) is 0.231. The van der Waals surface area contributed by atoms with Gasteiger partial charge in [-0.1, -0.05) is 72.8 Å². The third-order valence-corrected chi connectivity index (χ3v) is 5.75. The number of nitrogens with zero attached hydrogens (tertiary/aromatic N) is 1. The number of pyridine rings is 1. The normalized spacial score (nSPS) is 11.5. The van der Waals surface area contributed by atoms with Crippen LogP contribution in [0.1, 0.15) is 22.3 Å². The second-order valence-corrected chi connectivity index (χ2v) is 7.89. The predicted molar refractivity (Wildman–Crippen MR) is 128 cm³/mol. The van der Waals surface area contributed by atoms with Crippen molar-refractivity contribution in [2.75, 3.05) is 0 Å². The molecule has 0 atom stereocenters. The smallest absolute Gasteiger partial charge is 0.167 e. The standard InChI is InChI=1S/C29H24N/c1-21-11-12-22(2)29(19-21)30-17-15-23(16-18-30)13-14-28-26-9-5-3-7-24(26)20-25-8-4-6-10-27(25)28/h3-20H,1-2H3/q+1/b14-13+. The van der Waals surface area contributed by atoms with E-state index in [1.54, 1.807) is 0 Å². The van der Waals surface area contributed by atoms with E-state index in [0.717, 1.165) is 0 Å². The van der Waals surface area contributed by atoms with Crippen LogP contribution in [0.15, 0.2) is 97.3 Å². The minimum absolute atomic E-state index is 1.19. The van der Waals surface area contributed by atoms with Gasteiger partial charge in [0.25, 0.3) is 0 Å². The fourth-order valence-electron chi connectivity index (χ4n) is 4.12. The fraction of sp³-hybridized carbons (Fsp3) is 0.0690. The van der Waals surface area contributed by atoms with Gasteiger partial charge in [-0.15, -0.1) is 0 Å². The zero-order valence-corrected chi connectivity index (χ0v) is 17.3. The van der Waals surface area contributed by atoms with Crippen LogP contribution in [0.25, 0.3) is 39.4 Å². The van der Waals surface area contributed by atoms with Crippen molar-refractivity contribution >= 4 is 33.7 Å². The van der Waals surface area contributed by atoms with E-state index < -0.39 is 0 Å². The summed E-state index contributed by atoms with van der Waals surface area (Å²) >= 11 is 0. The monoisotopic (exact) mass is 386 g/mol. The molecule has 0 unspecified atom stereocenters. The Bertz CT molecular complexity index is 1340. The molecule has 0 aliphatic rings. The molecule has 0 bridgehead atoms. The first-order chi connectivity index (χ1) is 14.7. The van der Waals surface area contributed by atoms with Crippen LogP contribution in [0.3, 0.4) is 0 Å². The fourth-order valence-corrected chi connectivity index (χ4v) is 4.12. The van der Waals surface area contributed by atoms with Gasteiger partial charge in [-0.3, -0.25) is 0 Å². The Morgan fingerprint density at radius 1 is 0.633 bits per heavy atom. The van der Waals surface area contributed by atoms with Crippen LogP contribution in [0, 0.1) is 13.8 Å². The van der Waals surface area contributed by atoms with Crippen LogP contribution >= 0.6 is 0 Å². The average Bonchev–Trinajstić information content (AvgIpc) is 2.78. The first kappa shape index (κ1) is 18.3. The highest BCUT2D eigenvalue weighted by atomic mass is 14.9. The maximum absolute atomic E-state index is 2.28. The molecule has 0 N–H and O–H groups in total. The Morgan fingerprint density at radius 3 is 1.93 bits per heavy atom. The van der Waals surface area contributed by atoms with Gasteiger partial charge in [-0.2, -0.15) is 4.57 Å². The first-order valence-corrected chi connectivity index (χ1v) is 10.4. The van der Waals surface area contributed by atoms with Gasteiger partial charge in [-0.25, -0.2) is 0 Å². The average molecular weight is 387 g/mol. The van der Waals surface area contributed by atoms with Crippen molar-refractivity contribution in [2.24, 2.45) is 0 Å². The molecule has 30 heavy (non-hydrogen) atoms. The summed E-state index contributed by atoms with van der Waals surface area (Å²) in [7, 11) is 0. The third kappa shape index (κ3) is 3.40. The summed E-state index contributed by atoms with van der Waals surface area (Å²) in [4.78, 5) is 0. The lowest BCUT2D eigenvalue weighted by atomic mass is 9.96. The number of hydrogen-bond donors (Lipinski definition) is 0. The van der Waals surface area contributed by atoms with E-state index in [9.17, 15) is 0 Å². The number of hydrogen-bond acceptors (Lipinski definition) is 0. The number of aryl methyl sites for hydroxylation is 2. The Kier molecular flexibility index (Phi) is 4.65. The zero-order chi connectivity index (χ0) is 20.5. The molecule has 4 aromatic carbocycles. The molecule has 0 aliphatic carbocycles. The Hall–Kier alpha value is -3.71. The van der Waals surface area contributed by atoms with Crippen LogP contribution in [0.4, 0.5) is 0 Å². The number of aromatic nitrogens is 1. The van der Waals surface area contributed by atoms with Gasteiger partial charge in [0.05, 0.1) is 0 Å². The molecule has 0 spiro atoms. The number of benzene rings is 4. The highest BCUT2D eigenvalue weighted by molar-refractivity contribution is 6.07. The van der Waals surface area contributed by atoms with Gasteiger partial charge in [-0.05, 0) is 58.1 Å². The summed E-state index contributed by atoms with van der Waals surface area (Å²) in [5, 5.41) is 5.12. The van der Waals surface area contributed by atoms with Crippen molar-refractivity contribution in [3.8, 4) is 5.69 Å². The van der Waals surface area contributed by atoms with Gasteiger partial charge in [0.15, 0.2) is 12.4 Å². The van der Waals surface area contributed by atoms with Crippen LogP contribution in [0.2, 0.25) is 0 Å². The van der Waals surface area contributed by atoms with Crippen LogP contribution < -0.4 is 4.57 Å². The summed E-state index contributed by atoms with van der Waals surface area (Å²) in [6, 6.07) is 30.4. The molecule has 0 fully saturated rings. The van der Waals surface area contributed by atoms with E-state index in [1.165, 1.54) is 49.5 Å². The van der Waals surface area contributed by atoms with Gasteiger partial charge in [0, 0.05) is 23.8 Å². The molecule has 1 aromatic heterocycles. The Labute approximate surface area is 177 Å². The third-order valence-electron chi connectivity index (χ3n) is 5.75. The summed E-state index contributed by atoms with van der Waals surface area (Å²) in [5.41, 5.74) is 6.24. The second-order valence-electron chi connectivity index (χ2n) is 7.89. The van der Waals surface area contributed by atoms with Crippen LogP contribution in [-0.4, -0.2) is 0 Å². The highest BCUT2D eigenvalue weighted by Crippen LogP contribution is 2.30. The topological polar surface area (TPSA) is 3.88 Å². The van der Waals surface area contributed by atoms with E-state index in [-0.39, 0.29) is 0 Å². The summed E-state index contributed by atoms with van der Waals surface area (Å²) in [6.45, 7) is 4.29. The highest BCUT2D eigenvalue weighted by Gasteiger charge is 2.09. The Balaban J connectivity index is 1.55. The SMILES string of the molecule is Cc1ccc(C)c(-[n+]2ccc(/C=C/c3c4ccccc4cc4ccccc34)cc2)c1. The number of rotatable bonds is 3. The molecule has 5 aromatic rings. The molecule has 0 radical (unpaired) electrons. The van der Waals surface area contributed by atoms with Gasteiger partial charge in [0.1, 0.15) is 0 Å². The van der Waals surface area contributed by atoms with Crippen LogP contribution in [0.5, 0.6) is 0 Å². The van der Waals surface area contributed by atoms with Crippen molar-refractivity contribution in [2.45, 2.75) is 13.8 Å². The van der Waals surface area contributed by atoms with Crippen molar-refractivity contribution in [3.63, 3.8) is 0 Å². The lowest BCUT2D eigenvalue weighted by molar-refractivity contribution is -0.596. The van der Waals surface area contributed by atoms with Gasteiger partial charge in [0.2, 0.25) is 5.69 Å². The lowest BCUT2D eigenvalue weighted by Crippen LogP contribution is -2.30. The first-order valence-electron chi connectivity index (χ1n) is 10.4. The molecule has 0 amide bonds. The molecule has 1 heterocycles. The van der Waals surface area contributed by atoms with Gasteiger partial charge < -0.3 is 0 Å². The molecule has 1 heteroatoms. The molecule has 144 valence electrons. The maximum atomic E-state index is 2.28. The molecular formula is C29H24N+. The van der Waals surface area contributed by atoms with Crippen molar-refractivity contribution < 1.29 is 4.57 Å². The van der Waals surface area contributed by atoms with E-state index in [0.29, 0.717) is 0 Å². The van der Waals surface area contributed by atoms with Crippen LogP contribution in [-0.2, 0) is 0 Å². The second kappa shape index (κ2) is 7.61. The molecule has 0 saturated carbocycles. The minimum atomic E-state index is 1.19.